The van der Waals surface area contributed by atoms with Crippen molar-refractivity contribution in [2.45, 2.75) is 32.9 Å². The number of phenolic OH excluding ortho intramolecular Hbond substituents is 1. The number of nitrogens with one attached hydrogen (secondary N) is 1. The molecular formula is C31H34N4O3. The van der Waals surface area contributed by atoms with Gasteiger partial charge in [0.2, 0.25) is 0 Å². The number of H-pyrrole nitrogens is 1. The highest BCUT2D eigenvalue weighted by Gasteiger charge is 2.31. The first-order valence-corrected chi connectivity index (χ1v) is 13.1. The summed E-state index contributed by atoms with van der Waals surface area (Å²) >= 11 is 0. The zero-order valence-corrected chi connectivity index (χ0v) is 22.1. The summed E-state index contributed by atoms with van der Waals surface area (Å²) < 4.78 is 5.39. The lowest BCUT2D eigenvalue weighted by Crippen LogP contribution is -2.36. The van der Waals surface area contributed by atoms with Gasteiger partial charge in [0.25, 0.3) is 5.91 Å². The van der Waals surface area contributed by atoms with Gasteiger partial charge in [0.1, 0.15) is 5.82 Å². The molecule has 0 saturated carbocycles. The van der Waals surface area contributed by atoms with E-state index < -0.39 is 0 Å². The van der Waals surface area contributed by atoms with Gasteiger partial charge in [-0.05, 0) is 61.2 Å². The van der Waals surface area contributed by atoms with Crippen LogP contribution in [0.4, 0.5) is 0 Å². The lowest BCUT2D eigenvalue weighted by atomic mass is 9.87. The van der Waals surface area contributed by atoms with Crippen molar-refractivity contribution in [3.8, 4) is 22.9 Å². The fraction of sp³-hybridized carbons (Fsp3) is 0.290. The maximum absolute atomic E-state index is 12.9. The number of nitrogens with zero attached hydrogens (tertiary/aromatic N) is 3. The number of phenols is 1. The Hall–Kier alpha value is -4.10. The molecule has 0 fully saturated rings. The van der Waals surface area contributed by atoms with Gasteiger partial charge in [0, 0.05) is 49.2 Å². The first-order valence-electron chi connectivity index (χ1n) is 13.1. The first kappa shape index (κ1) is 25.5. The van der Waals surface area contributed by atoms with Crippen molar-refractivity contribution >= 4 is 5.91 Å². The van der Waals surface area contributed by atoms with E-state index >= 15 is 0 Å². The maximum atomic E-state index is 12.9. The third-order valence-corrected chi connectivity index (χ3v) is 7.34. The SMILES string of the molecule is CCN(CC)C(=O)c1ccc(C2c3cc(O)c(OC)cc3CCN2Cc2cnc(-c3ccccc3)[nH]2)cc1. The fourth-order valence-corrected chi connectivity index (χ4v) is 5.31. The molecule has 38 heavy (non-hydrogen) atoms. The summed E-state index contributed by atoms with van der Waals surface area (Å²) in [6.45, 7) is 6.83. The standard InChI is InChI=1S/C31H34N4O3/c1-4-34(5-2)31(37)23-13-11-21(12-14-23)29-26-18-27(36)28(38-3)17-24(26)15-16-35(29)20-25-19-32-30(33-25)22-9-7-6-8-10-22/h6-14,17-19,29,36H,4-5,15-16,20H2,1-3H3,(H,32,33). The normalized spacial score (nSPS) is 15.2. The van der Waals surface area contributed by atoms with Crippen LogP contribution in [0.2, 0.25) is 0 Å². The van der Waals surface area contributed by atoms with Crippen molar-refractivity contribution < 1.29 is 14.6 Å². The van der Waals surface area contributed by atoms with Gasteiger partial charge >= 0.3 is 0 Å². The number of aromatic amines is 1. The Balaban J connectivity index is 1.49. The topological polar surface area (TPSA) is 81.7 Å². The molecular weight excluding hydrogens is 476 g/mol. The fourth-order valence-electron chi connectivity index (χ4n) is 5.31. The highest BCUT2D eigenvalue weighted by atomic mass is 16.5. The zero-order valence-electron chi connectivity index (χ0n) is 22.1. The van der Waals surface area contributed by atoms with Crippen LogP contribution >= 0.6 is 0 Å². The molecule has 1 unspecified atom stereocenters. The molecule has 0 spiro atoms. The first-order chi connectivity index (χ1) is 18.5. The number of amides is 1. The molecule has 1 atom stereocenters. The quantitative estimate of drug-likeness (QED) is 0.331. The van der Waals surface area contributed by atoms with Gasteiger partial charge in [-0.2, -0.15) is 0 Å². The minimum atomic E-state index is -0.100. The largest absolute Gasteiger partial charge is 0.504 e. The number of carbonyl (C=O) groups is 1. The van der Waals surface area contributed by atoms with Crippen molar-refractivity contribution in [2.24, 2.45) is 0 Å². The van der Waals surface area contributed by atoms with Crippen molar-refractivity contribution in [2.75, 3.05) is 26.7 Å². The van der Waals surface area contributed by atoms with Crippen LogP contribution in [0.3, 0.4) is 0 Å². The second-order valence-corrected chi connectivity index (χ2v) is 9.57. The number of hydrogen-bond acceptors (Lipinski definition) is 5. The lowest BCUT2D eigenvalue weighted by Gasteiger charge is -2.38. The molecule has 196 valence electrons. The zero-order chi connectivity index (χ0) is 26.6. The predicted octanol–water partition coefficient (Wildman–Crippen LogP) is 5.42. The molecule has 1 amide bonds. The molecule has 7 nitrogen and oxygen atoms in total. The summed E-state index contributed by atoms with van der Waals surface area (Å²) in [6.07, 6.45) is 2.73. The van der Waals surface area contributed by atoms with Crippen molar-refractivity contribution in [1.82, 2.24) is 19.8 Å². The molecule has 0 radical (unpaired) electrons. The van der Waals surface area contributed by atoms with E-state index in [1.165, 1.54) is 0 Å². The van der Waals surface area contributed by atoms with E-state index in [9.17, 15) is 9.90 Å². The molecule has 0 bridgehead atoms. The van der Waals surface area contributed by atoms with Crippen molar-refractivity contribution in [1.29, 1.82) is 0 Å². The molecule has 3 aromatic carbocycles. The Morgan fingerprint density at radius 2 is 1.84 bits per heavy atom. The van der Waals surface area contributed by atoms with E-state index in [2.05, 4.69) is 14.9 Å². The van der Waals surface area contributed by atoms with Crippen LogP contribution in [0.25, 0.3) is 11.4 Å². The minimum absolute atomic E-state index is 0.0377. The molecule has 2 N–H and O–H groups in total. The Labute approximate surface area is 223 Å². The third-order valence-electron chi connectivity index (χ3n) is 7.34. The van der Waals surface area contributed by atoms with Gasteiger partial charge in [0.05, 0.1) is 13.2 Å². The lowest BCUT2D eigenvalue weighted by molar-refractivity contribution is 0.0773. The average Bonchev–Trinajstić information content (AvgIpc) is 3.42. The van der Waals surface area contributed by atoms with Gasteiger partial charge in [-0.15, -0.1) is 0 Å². The molecule has 0 aliphatic carbocycles. The minimum Gasteiger partial charge on any atom is -0.504 e. The smallest absolute Gasteiger partial charge is 0.253 e. The van der Waals surface area contributed by atoms with Gasteiger partial charge in [-0.1, -0.05) is 42.5 Å². The number of methoxy groups -OCH3 is 1. The Morgan fingerprint density at radius 1 is 1.11 bits per heavy atom. The monoisotopic (exact) mass is 510 g/mol. The Kier molecular flexibility index (Phi) is 7.47. The van der Waals surface area contributed by atoms with E-state index in [0.29, 0.717) is 30.9 Å². The molecule has 4 aromatic rings. The van der Waals surface area contributed by atoms with Crippen LogP contribution in [-0.2, 0) is 13.0 Å². The molecule has 5 rings (SSSR count). The number of carbonyl (C=O) groups excluding carboxylic acids is 1. The number of rotatable bonds is 8. The third kappa shape index (κ3) is 5.02. The Bertz CT molecular complexity index is 1390. The van der Waals surface area contributed by atoms with E-state index in [1.54, 1.807) is 7.11 Å². The summed E-state index contributed by atoms with van der Waals surface area (Å²) in [7, 11) is 1.57. The number of benzene rings is 3. The average molecular weight is 511 g/mol. The highest BCUT2D eigenvalue weighted by molar-refractivity contribution is 5.94. The van der Waals surface area contributed by atoms with Gasteiger partial charge in [-0.25, -0.2) is 4.98 Å². The number of aromatic nitrogens is 2. The number of aromatic hydroxyl groups is 1. The van der Waals surface area contributed by atoms with Crippen molar-refractivity contribution in [3.63, 3.8) is 0 Å². The molecule has 1 aromatic heterocycles. The van der Waals surface area contributed by atoms with E-state index in [-0.39, 0.29) is 17.7 Å². The second-order valence-electron chi connectivity index (χ2n) is 9.57. The highest BCUT2D eigenvalue weighted by Crippen LogP contribution is 2.41. The van der Waals surface area contributed by atoms with E-state index in [0.717, 1.165) is 46.7 Å². The van der Waals surface area contributed by atoms with Crippen LogP contribution in [0, 0.1) is 0 Å². The second kappa shape index (κ2) is 11.1. The molecule has 1 aliphatic heterocycles. The van der Waals surface area contributed by atoms with Crippen molar-refractivity contribution in [3.05, 3.63) is 101 Å². The van der Waals surface area contributed by atoms with E-state index in [4.69, 9.17) is 4.74 Å². The predicted molar refractivity (Wildman–Crippen MR) is 148 cm³/mol. The summed E-state index contributed by atoms with van der Waals surface area (Å²) in [6, 6.07) is 21.6. The van der Waals surface area contributed by atoms with Crippen LogP contribution in [0.1, 0.15) is 52.6 Å². The number of imidazole rings is 1. The van der Waals surface area contributed by atoms with Crippen LogP contribution in [0.15, 0.2) is 72.9 Å². The maximum Gasteiger partial charge on any atom is 0.253 e. The summed E-state index contributed by atoms with van der Waals surface area (Å²) in [4.78, 5) is 25.2. The Morgan fingerprint density at radius 3 is 2.53 bits per heavy atom. The summed E-state index contributed by atoms with van der Waals surface area (Å²) in [5, 5.41) is 10.7. The molecule has 1 aliphatic rings. The van der Waals surface area contributed by atoms with Gasteiger partial charge in [0.15, 0.2) is 11.5 Å². The van der Waals surface area contributed by atoms with Gasteiger partial charge in [-0.3, -0.25) is 9.69 Å². The number of ether oxygens (including phenoxy) is 1. The van der Waals surface area contributed by atoms with Gasteiger partial charge < -0.3 is 19.7 Å². The summed E-state index contributed by atoms with van der Waals surface area (Å²) in [5.41, 5.74) is 6.00. The van der Waals surface area contributed by atoms with Crippen LogP contribution in [0.5, 0.6) is 11.5 Å². The van der Waals surface area contributed by atoms with Crippen LogP contribution < -0.4 is 4.74 Å². The molecule has 7 heteroatoms. The van der Waals surface area contributed by atoms with E-state index in [1.807, 2.05) is 91.7 Å². The molecule has 0 saturated heterocycles. The van der Waals surface area contributed by atoms with Crippen LogP contribution in [-0.4, -0.2) is 57.5 Å². The number of fused-ring (bicyclic) bond motifs is 1. The molecule has 2 heterocycles. The summed E-state index contributed by atoms with van der Waals surface area (Å²) in [5.74, 6) is 1.49. The number of hydrogen-bond donors (Lipinski definition) is 2.